The average Bonchev–Trinajstić information content (AvgIpc) is 2.68. The second kappa shape index (κ2) is 4.83. The van der Waals surface area contributed by atoms with Crippen LogP contribution >= 0.6 is 11.6 Å². The topological polar surface area (TPSA) is 47.3 Å². The van der Waals surface area contributed by atoms with Gasteiger partial charge in [0, 0.05) is 7.05 Å². The summed E-state index contributed by atoms with van der Waals surface area (Å²) < 4.78 is 20.6. The fourth-order valence-electron chi connectivity index (χ4n) is 2.22. The summed E-state index contributed by atoms with van der Waals surface area (Å²) in [6.45, 7) is 1.46. The summed E-state index contributed by atoms with van der Waals surface area (Å²) in [6, 6.07) is 4.35. The van der Waals surface area contributed by atoms with Crippen LogP contribution in [0.2, 0.25) is 5.02 Å². The van der Waals surface area contributed by atoms with Crippen LogP contribution in [-0.4, -0.2) is 22.0 Å². The van der Waals surface area contributed by atoms with E-state index >= 15 is 0 Å². The molecule has 0 bridgehead atoms. The molecule has 0 saturated heterocycles. The van der Waals surface area contributed by atoms with Gasteiger partial charge in [0.15, 0.2) is 0 Å². The highest BCUT2D eigenvalue weighted by Crippen LogP contribution is 2.39. The quantitative estimate of drug-likeness (QED) is 0.942. The summed E-state index contributed by atoms with van der Waals surface area (Å²) in [7, 11) is 3.04. The number of hydrogen-bond donors (Lipinski definition) is 1. The maximum Gasteiger partial charge on any atom is 0.136 e. The third kappa shape index (κ3) is 2.19. The molecule has 0 aliphatic carbocycles. The number of halogens is 2. The van der Waals surface area contributed by atoms with E-state index in [0.29, 0.717) is 5.69 Å². The summed E-state index contributed by atoms with van der Waals surface area (Å²) in [5.74, 6) is -0.316. The number of hydrogen-bond acceptors (Lipinski definition) is 3. The molecule has 102 valence electrons. The van der Waals surface area contributed by atoms with Crippen LogP contribution in [0.1, 0.15) is 18.2 Å². The normalized spacial score (nSPS) is 14.2. The van der Waals surface area contributed by atoms with Crippen molar-refractivity contribution < 1.29 is 14.2 Å². The van der Waals surface area contributed by atoms with Gasteiger partial charge in [0.1, 0.15) is 17.2 Å². The van der Waals surface area contributed by atoms with Crippen molar-refractivity contribution in [1.29, 1.82) is 0 Å². The third-order valence-electron chi connectivity index (χ3n) is 3.04. The molecular formula is C13H14ClFN2O2. The number of ether oxygens (including phenoxy) is 1. The zero-order valence-corrected chi connectivity index (χ0v) is 11.6. The minimum absolute atomic E-state index is 0.0306. The van der Waals surface area contributed by atoms with E-state index in [1.54, 1.807) is 13.1 Å². The Hall–Kier alpha value is -1.59. The third-order valence-corrected chi connectivity index (χ3v) is 3.31. The molecule has 0 radical (unpaired) electrons. The van der Waals surface area contributed by atoms with Crippen molar-refractivity contribution in [2.75, 3.05) is 7.11 Å². The Kier molecular flexibility index (Phi) is 3.52. The first-order chi connectivity index (χ1) is 8.89. The van der Waals surface area contributed by atoms with Gasteiger partial charge in [-0.1, -0.05) is 17.7 Å². The van der Waals surface area contributed by atoms with Crippen LogP contribution in [0.4, 0.5) is 4.39 Å². The van der Waals surface area contributed by atoms with Gasteiger partial charge in [-0.25, -0.2) is 4.39 Å². The summed E-state index contributed by atoms with van der Waals surface area (Å²) in [4.78, 5) is 0. The lowest BCUT2D eigenvalue weighted by molar-refractivity contribution is 0.0856. The van der Waals surface area contributed by atoms with Gasteiger partial charge < -0.3 is 9.84 Å². The first-order valence-electron chi connectivity index (χ1n) is 5.63. The minimum Gasteiger partial charge on any atom is -0.496 e. The van der Waals surface area contributed by atoms with E-state index in [4.69, 9.17) is 16.3 Å². The van der Waals surface area contributed by atoms with Gasteiger partial charge in [0.25, 0.3) is 0 Å². The van der Waals surface area contributed by atoms with Gasteiger partial charge in [-0.05, 0) is 19.1 Å². The lowest BCUT2D eigenvalue weighted by Crippen LogP contribution is -2.28. The van der Waals surface area contributed by atoms with E-state index in [9.17, 15) is 9.50 Å². The Morgan fingerprint density at radius 1 is 1.47 bits per heavy atom. The molecular weight excluding hydrogens is 271 g/mol. The van der Waals surface area contributed by atoms with Gasteiger partial charge in [-0.2, -0.15) is 5.10 Å². The van der Waals surface area contributed by atoms with Crippen LogP contribution in [0, 0.1) is 5.82 Å². The Morgan fingerprint density at radius 3 is 2.68 bits per heavy atom. The molecule has 0 aliphatic heterocycles. The highest BCUT2D eigenvalue weighted by molar-refractivity contribution is 6.31. The molecule has 4 nitrogen and oxygen atoms in total. The number of aliphatic hydroxyl groups is 1. The number of aromatic nitrogens is 2. The van der Waals surface area contributed by atoms with Crippen LogP contribution < -0.4 is 4.74 Å². The Balaban J connectivity index is 2.70. The van der Waals surface area contributed by atoms with Gasteiger partial charge in [-0.3, -0.25) is 4.68 Å². The first kappa shape index (κ1) is 13.8. The molecule has 0 fully saturated rings. The zero-order valence-electron chi connectivity index (χ0n) is 10.8. The monoisotopic (exact) mass is 284 g/mol. The smallest absolute Gasteiger partial charge is 0.136 e. The van der Waals surface area contributed by atoms with Crippen molar-refractivity contribution >= 4 is 11.6 Å². The van der Waals surface area contributed by atoms with Crippen molar-refractivity contribution in [3.63, 3.8) is 0 Å². The largest absolute Gasteiger partial charge is 0.496 e. The summed E-state index contributed by atoms with van der Waals surface area (Å²) in [6.07, 6.45) is 1.40. The van der Waals surface area contributed by atoms with Crippen LogP contribution in [0.3, 0.4) is 0 Å². The number of nitrogens with zero attached hydrogens (tertiary/aromatic N) is 2. The Labute approximate surface area is 115 Å². The average molecular weight is 285 g/mol. The van der Waals surface area contributed by atoms with E-state index < -0.39 is 11.4 Å². The Morgan fingerprint density at radius 2 is 2.16 bits per heavy atom. The van der Waals surface area contributed by atoms with Crippen LogP contribution in [0.5, 0.6) is 5.75 Å². The fourth-order valence-corrected chi connectivity index (χ4v) is 2.57. The van der Waals surface area contributed by atoms with Gasteiger partial charge in [-0.15, -0.1) is 0 Å². The molecule has 2 aromatic rings. The van der Waals surface area contributed by atoms with E-state index in [-0.39, 0.29) is 16.3 Å². The number of rotatable bonds is 3. The number of aryl methyl sites for hydroxylation is 1. The highest BCUT2D eigenvalue weighted by Gasteiger charge is 2.36. The molecule has 1 aromatic heterocycles. The maximum atomic E-state index is 14.1. The summed E-state index contributed by atoms with van der Waals surface area (Å²) in [5, 5.41) is 15.0. The van der Waals surface area contributed by atoms with Crippen molar-refractivity contribution in [3.05, 3.63) is 46.5 Å². The van der Waals surface area contributed by atoms with E-state index in [1.165, 1.54) is 37.0 Å². The molecule has 0 aliphatic rings. The molecule has 1 atom stereocenters. The second-order valence-electron chi connectivity index (χ2n) is 4.35. The van der Waals surface area contributed by atoms with Crippen molar-refractivity contribution in [1.82, 2.24) is 9.78 Å². The van der Waals surface area contributed by atoms with Crippen molar-refractivity contribution in [3.8, 4) is 5.75 Å². The van der Waals surface area contributed by atoms with Crippen molar-refractivity contribution in [2.24, 2.45) is 7.05 Å². The van der Waals surface area contributed by atoms with Crippen LogP contribution in [-0.2, 0) is 12.6 Å². The molecule has 1 unspecified atom stereocenters. The first-order valence-corrected chi connectivity index (χ1v) is 6.00. The van der Waals surface area contributed by atoms with Crippen molar-refractivity contribution in [2.45, 2.75) is 12.5 Å². The zero-order chi connectivity index (χ0) is 14.2. The lowest BCUT2D eigenvalue weighted by Gasteiger charge is -2.26. The molecule has 0 amide bonds. The molecule has 6 heteroatoms. The van der Waals surface area contributed by atoms with Crippen LogP contribution in [0.15, 0.2) is 24.4 Å². The predicted octanol–water partition coefficient (Wildman–Crippen LogP) is 2.48. The maximum absolute atomic E-state index is 14.1. The molecule has 2 rings (SSSR count). The molecule has 1 aromatic carbocycles. The Bertz CT molecular complexity index is 591. The predicted molar refractivity (Wildman–Crippen MR) is 69.8 cm³/mol. The summed E-state index contributed by atoms with van der Waals surface area (Å²) >= 11 is 6.02. The number of methoxy groups -OCH3 is 1. The molecule has 1 N–H and O–H groups in total. The van der Waals surface area contributed by atoms with Crippen LogP contribution in [0.25, 0.3) is 0 Å². The van der Waals surface area contributed by atoms with Gasteiger partial charge in [0.05, 0.1) is 29.6 Å². The molecule has 0 saturated carbocycles. The number of benzene rings is 1. The SMILES string of the molecule is COc1cccc(F)c1C(C)(O)c1c(Cl)cnn1C. The van der Waals surface area contributed by atoms with E-state index in [2.05, 4.69) is 5.10 Å². The standard InChI is InChI=1S/C13H14ClFN2O2/c1-13(18,12-8(14)7-16-17(12)2)11-9(15)5-4-6-10(11)19-3/h4-7,18H,1-3H3. The lowest BCUT2D eigenvalue weighted by atomic mass is 9.91. The highest BCUT2D eigenvalue weighted by atomic mass is 35.5. The molecule has 0 spiro atoms. The molecule has 1 heterocycles. The second-order valence-corrected chi connectivity index (χ2v) is 4.76. The minimum atomic E-state index is -1.65. The molecule has 19 heavy (non-hydrogen) atoms. The van der Waals surface area contributed by atoms with Gasteiger partial charge in [0.2, 0.25) is 0 Å². The van der Waals surface area contributed by atoms with Gasteiger partial charge >= 0.3 is 0 Å². The fraction of sp³-hybridized carbons (Fsp3) is 0.308. The van der Waals surface area contributed by atoms with E-state index in [0.717, 1.165) is 0 Å². The summed E-state index contributed by atoms with van der Waals surface area (Å²) in [5.41, 5.74) is -1.32. The van der Waals surface area contributed by atoms with E-state index in [1.807, 2.05) is 0 Å².